The lowest BCUT2D eigenvalue weighted by Gasteiger charge is -2.18. The Balaban J connectivity index is 1.42. The van der Waals surface area contributed by atoms with E-state index < -0.39 is 6.10 Å². The van der Waals surface area contributed by atoms with Crippen molar-refractivity contribution >= 4 is 17.6 Å². The smallest absolute Gasteiger partial charge is 0.331 e. The van der Waals surface area contributed by atoms with Crippen LogP contribution < -0.4 is 24.4 Å². The van der Waals surface area contributed by atoms with Crippen LogP contribution in [0.2, 0.25) is 0 Å². The van der Waals surface area contributed by atoms with Crippen molar-refractivity contribution in [2.45, 2.75) is 6.10 Å². The van der Waals surface area contributed by atoms with Crippen LogP contribution in [0.15, 0.2) is 61.2 Å². The first-order valence-corrected chi connectivity index (χ1v) is 10.6. The molecule has 2 aromatic rings. The maximum atomic E-state index is 12.7. The van der Waals surface area contributed by atoms with Crippen LogP contribution in [-0.2, 0) is 4.79 Å². The molecule has 0 aliphatic carbocycles. The van der Waals surface area contributed by atoms with Crippen LogP contribution in [0, 0.1) is 0 Å². The highest BCUT2D eigenvalue weighted by molar-refractivity contribution is 6.12. The third-order valence-electron chi connectivity index (χ3n) is 4.95. The van der Waals surface area contributed by atoms with Gasteiger partial charge in [0.1, 0.15) is 31.6 Å². The summed E-state index contributed by atoms with van der Waals surface area (Å²) in [5, 5.41) is 13.3. The Morgan fingerprint density at radius 3 is 2.64 bits per heavy atom. The highest BCUT2D eigenvalue weighted by atomic mass is 16.5. The minimum atomic E-state index is -0.782. The van der Waals surface area contributed by atoms with Crippen molar-refractivity contribution in [3.63, 3.8) is 0 Å². The van der Waals surface area contributed by atoms with Gasteiger partial charge in [0.05, 0.1) is 7.11 Å². The zero-order chi connectivity index (χ0) is 23.6. The molecule has 0 aromatic heterocycles. The highest BCUT2D eigenvalue weighted by Gasteiger charge is 2.36. The first-order chi connectivity index (χ1) is 16.0. The van der Waals surface area contributed by atoms with E-state index >= 15 is 0 Å². The van der Waals surface area contributed by atoms with Crippen molar-refractivity contribution in [2.75, 3.05) is 51.4 Å². The molecule has 1 fully saturated rings. The summed E-state index contributed by atoms with van der Waals surface area (Å²) in [7, 11) is 1.54. The number of hydrogen-bond donors (Lipinski definition) is 2. The standard InChI is InChI=1S/C24H29N3O6/c1-3-13-32-21-9-4-5-10-22(21)33-17-19(28)15-25-11-12-26-23(29)16-27(24(26)30)18-7-6-8-20(14-18)31-2/h3-10,14,19,25,28H,1,11-13,15-17H2,2H3. The molecule has 0 bridgehead atoms. The molecular formula is C24H29N3O6. The molecule has 9 nitrogen and oxygen atoms in total. The third-order valence-corrected chi connectivity index (χ3v) is 4.95. The lowest BCUT2D eigenvalue weighted by molar-refractivity contribution is -0.124. The van der Waals surface area contributed by atoms with E-state index in [1.807, 2.05) is 12.1 Å². The fourth-order valence-electron chi connectivity index (χ4n) is 3.28. The van der Waals surface area contributed by atoms with Gasteiger partial charge in [-0.25, -0.2) is 4.79 Å². The minimum Gasteiger partial charge on any atom is -0.497 e. The van der Waals surface area contributed by atoms with Gasteiger partial charge >= 0.3 is 6.03 Å². The fraction of sp³-hybridized carbons (Fsp3) is 0.333. The molecular weight excluding hydrogens is 426 g/mol. The summed E-state index contributed by atoms with van der Waals surface area (Å²) in [6, 6.07) is 13.8. The molecule has 3 rings (SSSR count). The molecule has 1 saturated heterocycles. The average molecular weight is 456 g/mol. The first-order valence-electron chi connectivity index (χ1n) is 10.6. The number of amides is 3. The van der Waals surface area contributed by atoms with Crippen LogP contribution in [0.4, 0.5) is 10.5 Å². The Labute approximate surface area is 193 Å². The van der Waals surface area contributed by atoms with Crippen molar-refractivity contribution in [3.8, 4) is 17.2 Å². The Morgan fingerprint density at radius 1 is 1.15 bits per heavy atom. The van der Waals surface area contributed by atoms with E-state index in [1.54, 1.807) is 49.6 Å². The van der Waals surface area contributed by atoms with Crippen molar-refractivity contribution in [2.24, 2.45) is 0 Å². The summed E-state index contributed by atoms with van der Waals surface area (Å²) < 4.78 is 16.4. The van der Waals surface area contributed by atoms with Gasteiger partial charge in [-0.3, -0.25) is 14.6 Å². The second kappa shape index (κ2) is 11.9. The molecule has 1 aliphatic rings. The summed E-state index contributed by atoms with van der Waals surface area (Å²) in [5.41, 5.74) is 0.605. The molecule has 3 amide bonds. The normalized spacial score (nSPS) is 14.4. The number of carbonyl (C=O) groups excluding carboxylic acids is 2. The number of ether oxygens (including phenoxy) is 3. The maximum absolute atomic E-state index is 12.7. The number of benzene rings is 2. The van der Waals surface area contributed by atoms with E-state index in [-0.39, 0.29) is 38.2 Å². The van der Waals surface area contributed by atoms with E-state index in [0.717, 1.165) is 0 Å². The van der Waals surface area contributed by atoms with Crippen molar-refractivity contribution in [1.82, 2.24) is 10.2 Å². The topological polar surface area (TPSA) is 101 Å². The van der Waals surface area contributed by atoms with E-state index in [0.29, 0.717) is 36.1 Å². The predicted octanol–water partition coefficient (Wildman–Crippen LogP) is 2.06. The van der Waals surface area contributed by atoms with Gasteiger partial charge < -0.3 is 24.6 Å². The zero-order valence-corrected chi connectivity index (χ0v) is 18.6. The molecule has 2 N–H and O–H groups in total. The van der Waals surface area contributed by atoms with Crippen molar-refractivity contribution in [3.05, 3.63) is 61.2 Å². The summed E-state index contributed by atoms with van der Waals surface area (Å²) in [6.45, 7) is 4.80. The number of aliphatic hydroxyl groups excluding tert-OH is 1. The third kappa shape index (κ3) is 6.47. The van der Waals surface area contributed by atoms with Gasteiger partial charge in [-0.15, -0.1) is 0 Å². The molecule has 2 aromatic carbocycles. The number of urea groups is 1. The number of imide groups is 1. The molecule has 1 aliphatic heterocycles. The molecule has 33 heavy (non-hydrogen) atoms. The summed E-state index contributed by atoms with van der Waals surface area (Å²) in [5.74, 6) is 1.44. The molecule has 1 heterocycles. The number of nitrogens with zero attached hydrogens (tertiary/aromatic N) is 2. The number of anilines is 1. The molecule has 1 atom stereocenters. The number of nitrogens with one attached hydrogen (secondary N) is 1. The summed E-state index contributed by atoms with van der Waals surface area (Å²) in [4.78, 5) is 27.6. The maximum Gasteiger partial charge on any atom is 0.331 e. The molecule has 0 spiro atoms. The van der Waals surface area contributed by atoms with Gasteiger partial charge in [-0.1, -0.05) is 30.9 Å². The quantitative estimate of drug-likeness (QED) is 0.271. The average Bonchev–Trinajstić information content (AvgIpc) is 3.12. The molecule has 0 radical (unpaired) electrons. The number of rotatable bonds is 13. The summed E-state index contributed by atoms with van der Waals surface area (Å²) in [6.07, 6.45) is 0.858. The number of para-hydroxylation sites is 2. The van der Waals surface area contributed by atoms with E-state index in [4.69, 9.17) is 14.2 Å². The Bertz CT molecular complexity index is 967. The number of aliphatic hydroxyl groups is 1. The monoisotopic (exact) mass is 455 g/mol. The SMILES string of the molecule is C=CCOc1ccccc1OCC(O)CNCCN1C(=O)CN(c2cccc(OC)c2)C1=O. The second-order valence-electron chi connectivity index (χ2n) is 7.33. The van der Waals surface area contributed by atoms with Crippen molar-refractivity contribution in [1.29, 1.82) is 0 Å². The summed E-state index contributed by atoms with van der Waals surface area (Å²) >= 11 is 0. The first kappa shape index (κ1) is 24.1. The molecule has 176 valence electrons. The van der Waals surface area contributed by atoms with Crippen LogP contribution in [0.25, 0.3) is 0 Å². The van der Waals surface area contributed by atoms with E-state index in [2.05, 4.69) is 11.9 Å². The van der Waals surface area contributed by atoms with Gasteiger partial charge in [0.2, 0.25) is 0 Å². The van der Waals surface area contributed by atoms with Crippen molar-refractivity contribution < 1.29 is 28.9 Å². The second-order valence-corrected chi connectivity index (χ2v) is 7.33. The van der Waals surface area contributed by atoms with Gasteiger partial charge in [0, 0.05) is 31.4 Å². The lowest BCUT2D eigenvalue weighted by Crippen LogP contribution is -2.40. The predicted molar refractivity (Wildman–Crippen MR) is 124 cm³/mol. The highest BCUT2D eigenvalue weighted by Crippen LogP contribution is 2.27. The van der Waals surface area contributed by atoms with Gasteiger partial charge in [0.15, 0.2) is 11.5 Å². The Hall–Kier alpha value is -3.56. The molecule has 1 unspecified atom stereocenters. The van der Waals surface area contributed by atoms with Crippen LogP contribution in [0.1, 0.15) is 0 Å². The number of methoxy groups -OCH3 is 1. The molecule has 0 saturated carbocycles. The van der Waals surface area contributed by atoms with Gasteiger partial charge in [-0.2, -0.15) is 0 Å². The minimum absolute atomic E-state index is 0.0181. The van der Waals surface area contributed by atoms with E-state index in [1.165, 1.54) is 9.80 Å². The van der Waals surface area contributed by atoms with Gasteiger partial charge in [0.25, 0.3) is 5.91 Å². The largest absolute Gasteiger partial charge is 0.497 e. The van der Waals surface area contributed by atoms with Crippen LogP contribution in [0.5, 0.6) is 17.2 Å². The fourth-order valence-corrected chi connectivity index (χ4v) is 3.28. The van der Waals surface area contributed by atoms with E-state index in [9.17, 15) is 14.7 Å². The van der Waals surface area contributed by atoms with Crippen LogP contribution in [0.3, 0.4) is 0 Å². The molecule has 9 heteroatoms. The Kier molecular flexibility index (Phi) is 8.68. The zero-order valence-electron chi connectivity index (χ0n) is 18.6. The number of carbonyl (C=O) groups is 2. The Morgan fingerprint density at radius 2 is 1.91 bits per heavy atom. The van der Waals surface area contributed by atoms with Crippen LogP contribution in [-0.4, -0.2) is 74.6 Å². The van der Waals surface area contributed by atoms with Gasteiger partial charge in [-0.05, 0) is 24.3 Å². The number of hydrogen-bond acceptors (Lipinski definition) is 7. The lowest BCUT2D eigenvalue weighted by atomic mass is 10.3. The van der Waals surface area contributed by atoms with Crippen LogP contribution >= 0.6 is 0 Å².